The van der Waals surface area contributed by atoms with Gasteiger partial charge in [-0.05, 0) is 60.6 Å². The minimum absolute atomic E-state index is 0.918. The molecular formula is C17H17N3. The van der Waals surface area contributed by atoms with Crippen LogP contribution in [0.15, 0.2) is 30.6 Å². The maximum Gasteiger partial charge on any atom is 0.137 e. The Balaban J connectivity index is 2.06. The number of rotatable bonds is 1. The van der Waals surface area contributed by atoms with Crippen LogP contribution < -0.4 is 5.73 Å². The average molecular weight is 263 g/mol. The summed E-state index contributed by atoms with van der Waals surface area (Å²) in [4.78, 5) is 7.53. The molecule has 0 amide bonds. The molecule has 0 spiro atoms. The first kappa shape index (κ1) is 11.5. The number of pyridine rings is 1. The normalized spacial score (nSPS) is 13.8. The lowest BCUT2D eigenvalue weighted by Gasteiger charge is -2.15. The molecule has 0 radical (unpaired) electrons. The van der Waals surface area contributed by atoms with E-state index in [2.05, 4.69) is 35.1 Å². The van der Waals surface area contributed by atoms with E-state index in [1.54, 1.807) is 0 Å². The number of nitrogen functional groups attached to an aromatic ring is 1. The lowest BCUT2D eigenvalue weighted by Crippen LogP contribution is -2.00. The van der Waals surface area contributed by atoms with Crippen LogP contribution in [0.1, 0.15) is 23.1 Å². The fourth-order valence-electron chi connectivity index (χ4n) is 3.47. The van der Waals surface area contributed by atoms with Gasteiger partial charge in [-0.15, -0.1) is 0 Å². The van der Waals surface area contributed by atoms with E-state index in [1.165, 1.54) is 34.2 Å². The lowest BCUT2D eigenvalue weighted by atomic mass is 9.92. The van der Waals surface area contributed by atoms with Crippen molar-refractivity contribution in [1.29, 1.82) is 0 Å². The summed E-state index contributed by atoms with van der Waals surface area (Å²) in [6.07, 6.45) is 7.27. The van der Waals surface area contributed by atoms with Crippen molar-refractivity contribution >= 4 is 16.7 Å². The third-order valence-electron chi connectivity index (χ3n) is 4.37. The largest absolute Gasteiger partial charge is 0.398 e. The van der Waals surface area contributed by atoms with Crippen molar-refractivity contribution in [2.45, 2.75) is 26.2 Å². The van der Waals surface area contributed by atoms with Crippen molar-refractivity contribution in [3.8, 4) is 11.1 Å². The summed E-state index contributed by atoms with van der Waals surface area (Å²) < 4.78 is 0. The lowest BCUT2D eigenvalue weighted by molar-refractivity contribution is 0.912. The number of hydrogen-bond donors (Lipinski definition) is 2. The molecule has 0 fully saturated rings. The van der Waals surface area contributed by atoms with Gasteiger partial charge in [0.2, 0.25) is 0 Å². The Labute approximate surface area is 117 Å². The average Bonchev–Trinajstić information content (AvgIpc) is 3.06. The molecule has 0 saturated carbocycles. The van der Waals surface area contributed by atoms with Gasteiger partial charge in [0, 0.05) is 29.0 Å². The second kappa shape index (κ2) is 4.10. The summed E-state index contributed by atoms with van der Waals surface area (Å²) >= 11 is 0. The van der Waals surface area contributed by atoms with Crippen molar-refractivity contribution in [3.05, 3.63) is 47.3 Å². The highest BCUT2D eigenvalue weighted by atomic mass is 14.8. The summed E-state index contributed by atoms with van der Waals surface area (Å²) in [5, 5.41) is 1.14. The van der Waals surface area contributed by atoms with Gasteiger partial charge in [-0.1, -0.05) is 6.07 Å². The van der Waals surface area contributed by atoms with Gasteiger partial charge in [0.25, 0.3) is 0 Å². The van der Waals surface area contributed by atoms with Gasteiger partial charge in [0.15, 0.2) is 0 Å². The maximum absolute atomic E-state index is 6.50. The summed E-state index contributed by atoms with van der Waals surface area (Å²) in [7, 11) is 0. The van der Waals surface area contributed by atoms with Crippen LogP contribution in [0.4, 0.5) is 5.69 Å². The fraction of sp³-hybridized carbons (Fsp3) is 0.235. The second-order valence-electron chi connectivity index (χ2n) is 5.57. The Morgan fingerprint density at radius 2 is 2.15 bits per heavy atom. The molecule has 0 aliphatic heterocycles. The highest BCUT2D eigenvalue weighted by Gasteiger charge is 2.20. The molecule has 1 aliphatic carbocycles. The molecule has 2 heterocycles. The first-order chi connectivity index (χ1) is 9.75. The van der Waals surface area contributed by atoms with Crippen molar-refractivity contribution < 1.29 is 0 Å². The molecule has 1 aromatic carbocycles. The van der Waals surface area contributed by atoms with Gasteiger partial charge < -0.3 is 10.7 Å². The van der Waals surface area contributed by atoms with Crippen LogP contribution in [0.3, 0.4) is 0 Å². The highest BCUT2D eigenvalue weighted by Crippen LogP contribution is 2.40. The van der Waals surface area contributed by atoms with Gasteiger partial charge in [0.1, 0.15) is 5.65 Å². The summed E-state index contributed by atoms with van der Waals surface area (Å²) in [6.45, 7) is 2.16. The zero-order chi connectivity index (χ0) is 13.7. The number of H-pyrrole nitrogens is 1. The Kier molecular flexibility index (Phi) is 2.36. The van der Waals surface area contributed by atoms with Gasteiger partial charge in [-0.25, -0.2) is 4.98 Å². The topological polar surface area (TPSA) is 54.7 Å². The van der Waals surface area contributed by atoms with E-state index in [1.807, 2.05) is 12.4 Å². The highest BCUT2D eigenvalue weighted by molar-refractivity contribution is 5.98. The minimum atomic E-state index is 0.918. The molecule has 100 valence electrons. The third kappa shape index (κ3) is 1.49. The molecule has 4 rings (SSSR count). The molecule has 0 atom stereocenters. The summed E-state index contributed by atoms with van der Waals surface area (Å²) in [5.74, 6) is 0. The molecule has 0 unspecified atom stereocenters. The second-order valence-corrected chi connectivity index (χ2v) is 5.57. The van der Waals surface area contributed by atoms with Gasteiger partial charge >= 0.3 is 0 Å². The van der Waals surface area contributed by atoms with Crippen molar-refractivity contribution in [2.24, 2.45) is 0 Å². The number of benzene rings is 1. The van der Waals surface area contributed by atoms with E-state index >= 15 is 0 Å². The monoisotopic (exact) mass is 263 g/mol. The van der Waals surface area contributed by atoms with Crippen LogP contribution in [-0.2, 0) is 12.8 Å². The molecule has 0 saturated heterocycles. The summed E-state index contributed by atoms with van der Waals surface area (Å²) in [6, 6.07) is 6.45. The van der Waals surface area contributed by atoms with Gasteiger partial charge in [0.05, 0.1) is 0 Å². The SMILES string of the molecule is Cc1cc2c(c(N)c1-c1ccnc3[nH]ccc13)CCC2. The van der Waals surface area contributed by atoms with Gasteiger partial charge in [-0.3, -0.25) is 0 Å². The first-order valence-corrected chi connectivity index (χ1v) is 7.09. The fourth-order valence-corrected chi connectivity index (χ4v) is 3.47. The number of aromatic amines is 1. The standard InChI is InChI=1S/C17H17N3/c1-10-9-11-3-2-4-12(11)16(18)15(10)13-5-7-19-17-14(13)6-8-20-17/h5-9H,2-4,18H2,1H3,(H,19,20). The molecule has 2 aromatic heterocycles. The van der Waals surface area contributed by atoms with E-state index in [9.17, 15) is 0 Å². The van der Waals surface area contributed by atoms with Crippen LogP contribution in [0, 0.1) is 6.92 Å². The maximum atomic E-state index is 6.50. The van der Waals surface area contributed by atoms with E-state index in [0.717, 1.165) is 29.6 Å². The van der Waals surface area contributed by atoms with E-state index in [4.69, 9.17) is 5.73 Å². The predicted molar refractivity (Wildman–Crippen MR) is 82.7 cm³/mol. The zero-order valence-corrected chi connectivity index (χ0v) is 11.5. The molecule has 3 aromatic rings. The number of nitrogens with one attached hydrogen (secondary N) is 1. The van der Waals surface area contributed by atoms with E-state index in [0.29, 0.717) is 0 Å². The van der Waals surface area contributed by atoms with Gasteiger partial charge in [-0.2, -0.15) is 0 Å². The van der Waals surface area contributed by atoms with Crippen LogP contribution in [0.25, 0.3) is 22.2 Å². The molecule has 0 bridgehead atoms. The molecule has 1 aliphatic rings. The molecule has 3 nitrogen and oxygen atoms in total. The number of hydrogen-bond acceptors (Lipinski definition) is 2. The van der Waals surface area contributed by atoms with E-state index in [-0.39, 0.29) is 0 Å². The van der Waals surface area contributed by atoms with Crippen LogP contribution in [0.5, 0.6) is 0 Å². The van der Waals surface area contributed by atoms with Crippen molar-refractivity contribution in [2.75, 3.05) is 5.73 Å². The number of nitrogens with zero attached hydrogens (tertiary/aromatic N) is 1. The Bertz CT molecular complexity index is 814. The third-order valence-corrected chi connectivity index (χ3v) is 4.37. The Morgan fingerprint density at radius 3 is 3.05 bits per heavy atom. The number of anilines is 1. The molecule has 3 heteroatoms. The van der Waals surface area contributed by atoms with Crippen molar-refractivity contribution in [1.82, 2.24) is 9.97 Å². The van der Waals surface area contributed by atoms with Crippen LogP contribution in [-0.4, -0.2) is 9.97 Å². The zero-order valence-electron chi connectivity index (χ0n) is 11.5. The van der Waals surface area contributed by atoms with Crippen LogP contribution >= 0.6 is 0 Å². The minimum Gasteiger partial charge on any atom is -0.398 e. The Hall–Kier alpha value is -2.29. The number of fused-ring (bicyclic) bond motifs is 2. The van der Waals surface area contributed by atoms with Crippen molar-refractivity contribution in [3.63, 3.8) is 0 Å². The quantitative estimate of drug-likeness (QED) is 0.659. The first-order valence-electron chi connectivity index (χ1n) is 7.09. The Morgan fingerprint density at radius 1 is 1.25 bits per heavy atom. The molecular weight excluding hydrogens is 246 g/mol. The van der Waals surface area contributed by atoms with E-state index < -0.39 is 0 Å². The molecule has 20 heavy (non-hydrogen) atoms. The molecule has 3 N–H and O–H groups in total. The number of nitrogens with two attached hydrogens (primary N) is 1. The number of aryl methyl sites for hydroxylation is 2. The van der Waals surface area contributed by atoms with Crippen LogP contribution in [0.2, 0.25) is 0 Å². The predicted octanol–water partition coefficient (Wildman–Crippen LogP) is 3.61. The summed E-state index contributed by atoms with van der Waals surface area (Å²) in [5.41, 5.74) is 14.8. The number of aromatic nitrogens is 2. The smallest absolute Gasteiger partial charge is 0.137 e.